The number of rotatable bonds is 5. The molecule has 2 aliphatic rings. The third kappa shape index (κ3) is 3.82. The average molecular weight is 422 g/mol. The normalized spacial score (nSPS) is 20.6. The van der Waals surface area contributed by atoms with Gasteiger partial charge in [-0.15, -0.1) is 0 Å². The minimum atomic E-state index is -0.299. The summed E-state index contributed by atoms with van der Waals surface area (Å²) >= 11 is 0. The molecule has 1 aliphatic carbocycles. The van der Waals surface area contributed by atoms with Gasteiger partial charge in [0, 0.05) is 42.9 Å². The summed E-state index contributed by atoms with van der Waals surface area (Å²) in [6.07, 6.45) is 9.61. The highest BCUT2D eigenvalue weighted by molar-refractivity contribution is 5.95. The molecule has 1 aromatic carbocycles. The van der Waals surface area contributed by atoms with E-state index in [0.29, 0.717) is 12.4 Å². The second-order valence-electron chi connectivity index (χ2n) is 9.01. The molecule has 1 N–H and O–H groups in total. The molecule has 5 rings (SSSR count). The molecule has 2 aromatic heterocycles. The molecule has 7 heteroatoms. The molecule has 6 nitrogen and oxygen atoms in total. The van der Waals surface area contributed by atoms with Crippen LogP contribution in [0, 0.1) is 11.3 Å². The van der Waals surface area contributed by atoms with Crippen LogP contribution < -0.4 is 5.32 Å². The van der Waals surface area contributed by atoms with Gasteiger partial charge in [0.15, 0.2) is 0 Å². The number of hydrogen-bond donors (Lipinski definition) is 1. The number of anilines is 1. The van der Waals surface area contributed by atoms with E-state index in [0.717, 1.165) is 60.7 Å². The topological polar surface area (TPSA) is 63.1 Å². The molecule has 0 radical (unpaired) electrons. The lowest BCUT2D eigenvalue weighted by Gasteiger charge is -2.53. The van der Waals surface area contributed by atoms with E-state index in [1.54, 1.807) is 4.68 Å². The number of carbonyl (C=O) groups is 1. The van der Waals surface area contributed by atoms with Crippen molar-refractivity contribution in [1.29, 1.82) is 0 Å². The highest BCUT2D eigenvalue weighted by Gasteiger charge is 2.51. The number of amides is 1. The van der Waals surface area contributed by atoms with Crippen molar-refractivity contribution in [1.82, 2.24) is 19.7 Å². The Balaban J connectivity index is 1.30. The zero-order valence-corrected chi connectivity index (χ0v) is 17.9. The highest BCUT2D eigenvalue weighted by atomic mass is 19.1. The number of carbonyl (C=O) groups excluding carboxylic acids is 1. The highest BCUT2D eigenvalue weighted by Crippen LogP contribution is 2.54. The zero-order valence-electron chi connectivity index (χ0n) is 17.9. The van der Waals surface area contributed by atoms with E-state index in [4.69, 9.17) is 0 Å². The van der Waals surface area contributed by atoms with Crippen LogP contribution in [0.25, 0.3) is 21.9 Å². The number of likely N-dealkylation sites (tertiary alicyclic amines) is 1. The van der Waals surface area contributed by atoms with E-state index in [1.807, 2.05) is 37.8 Å². The summed E-state index contributed by atoms with van der Waals surface area (Å²) in [7, 11) is 1.90. The Labute approximate surface area is 181 Å². The average Bonchev–Trinajstić information content (AvgIpc) is 3.19. The van der Waals surface area contributed by atoms with E-state index in [-0.39, 0.29) is 23.9 Å². The number of fused-ring (bicyclic) bond motifs is 1. The molecular weight excluding hydrogens is 393 g/mol. The van der Waals surface area contributed by atoms with Gasteiger partial charge in [-0.2, -0.15) is 5.10 Å². The van der Waals surface area contributed by atoms with Crippen molar-refractivity contribution in [3.8, 4) is 11.1 Å². The summed E-state index contributed by atoms with van der Waals surface area (Å²) < 4.78 is 14.4. The molecule has 0 bridgehead atoms. The van der Waals surface area contributed by atoms with E-state index < -0.39 is 0 Å². The fraction of sp³-hybridized carbons (Fsp3) is 0.458. The molecule has 3 aromatic rings. The monoisotopic (exact) mass is 421 g/mol. The number of hydrogen-bond acceptors (Lipinski definition) is 4. The summed E-state index contributed by atoms with van der Waals surface area (Å²) in [5.41, 5.74) is 2.23. The second-order valence-corrected chi connectivity index (χ2v) is 9.01. The summed E-state index contributed by atoms with van der Waals surface area (Å²) in [5.74, 6) is 0.692. The van der Waals surface area contributed by atoms with Crippen molar-refractivity contribution in [2.75, 3.05) is 31.6 Å². The number of pyridine rings is 1. The molecule has 1 aliphatic heterocycles. The van der Waals surface area contributed by atoms with Crippen LogP contribution in [-0.4, -0.2) is 51.9 Å². The first-order valence-electron chi connectivity index (χ1n) is 11.0. The Morgan fingerprint density at radius 3 is 2.68 bits per heavy atom. The van der Waals surface area contributed by atoms with Crippen molar-refractivity contribution in [2.24, 2.45) is 18.4 Å². The lowest BCUT2D eigenvalue weighted by molar-refractivity contribution is -0.134. The molecular formula is C24H28FN5O. The van der Waals surface area contributed by atoms with E-state index in [1.165, 1.54) is 0 Å². The van der Waals surface area contributed by atoms with Gasteiger partial charge in [0.2, 0.25) is 5.91 Å². The van der Waals surface area contributed by atoms with Gasteiger partial charge in [-0.25, -0.2) is 9.37 Å². The molecule has 1 saturated heterocycles. The molecule has 1 saturated carbocycles. The SMILES string of the molecule is Cn1cc(-c2ccc3cnc(NC(=O)C4CCC45CCN(CCF)CC5)cc3c2)cn1. The number of nitrogens with one attached hydrogen (secondary N) is 1. The molecule has 3 heterocycles. The molecule has 1 atom stereocenters. The number of aromatic nitrogens is 3. The van der Waals surface area contributed by atoms with Crippen LogP contribution in [0.4, 0.5) is 10.2 Å². The predicted molar refractivity (Wildman–Crippen MR) is 119 cm³/mol. The summed E-state index contributed by atoms with van der Waals surface area (Å²) in [6.45, 7) is 1.99. The third-order valence-electron chi connectivity index (χ3n) is 7.25. The zero-order chi connectivity index (χ0) is 21.4. The number of benzene rings is 1. The lowest BCUT2D eigenvalue weighted by Crippen LogP contribution is -2.53. The van der Waals surface area contributed by atoms with Crippen LogP contribution >= 0.6 is 0 Å². The third-order valence-corrected chi connectivity index (χ3v) is 7.25. The molecule has 1 unspecified atom stereocenters. The van der Waals surface area contributed by atoms with Crippen LogP contribution in [0.1, 0.15) is 25.7 Å². The van der Waals surface area contributed by atoms with Crippen molar-refractivity contribution in [3.05, 3.63) is 42.9 Å². The van der Waals surface area contributed by atoms with E-state index in [9.17, 15) is 9.18 Å². The molecule has 1 amide bonds. The van der Waals surface area contributed by atoms with Crippen LogP contribution in [-0.2, 0) is 11.8 Å². The minimum Gasteiger partial charge on any atom is -0.310 e. The first kappa shape index (κ1) is 20.1. The van der Waals surface area contributed by atoms with Crippen molar-refractivity contribution >= 4 is 22.5 Å². The molecule has 162 valence electrons. The molecule has 1 spiro atoms. The number of aryl methyl sites for hydroxylation is 1. The van der Waals surface area contributed by atoms with Crippen LogP contribution in [0.15, 0.2) is 42.9 Å². The van der Waals surface area contributed by atoms with Crippen LogP contribution in [0.5, 0.6) is 0 Å². The number of piperidine rings is 1. The van der Waals surface area contributed by atoms with Gasteiger partial charge in [-0.3, -0.25) is 9.48 Å². The van der Waals surface area contributed by atoms with Gasteiger partial charge in [-0.05, 0) is 67.3 Å². The fourth-order valence-corrected chi connectivity index (χ4v) is 5.22. The Hall–Kier alpha value is -2.80. The van der Waals surface area contributed by atoms with Gasteiger partial charge < -0.3 is 10.2 Å². The predicted octanol–water partition coefficient (Wildman–Crippen LogP) is 4.04. The number of alkyl halides is 1. The molecule has 31 heavy (non-hydrogen) atoms. The maximum atomic E-state index is 13.1. The number of nitrogens with zero attached hydrogens (tertiary/aromatic N) is 4. The standard InChI is InChI=1S/C24H28FN5O/c1-29-16-20(15-27-29)17-2-3-18-14-26-22(13-19(18)12-17)28-23(31)21-4-5-24(21)6-9-30(10-7-24)11-8-25/h2-3,12-16,21H,4-11H2,1H3,(H,26,28,31). The maximum absolute atomic E-state index is 13.1. The first-order chi connectivity index (χ1) is 15.1. The fourth-order valence-electron chi connectivity index (χ4n) is 5.22. The van der Waals surface area contributed by atoms with Gasteiger partial charge >= 0.3 is 0 Å². The first-order valence-corrected chi connectivity index (χ1v) is 11.0. The largest absolute Gasteiger partial charge is 0.310 e. The van der Waals surface area contributed by atoms with E-state index in [2.05, 4.69) is 32.4 Å². The summed E-state index contributed by atoms with van der Waals surface area (Å²) in [5, 5.41) is 9.38. The van der Waals surface area contributed by atoms with Crippen LogP contribution in [0.2, 0.25) is 0 Å². The van der Waals surface area contributed by atoms with Gasteiger partial charge in [0.1, 0.15) is 12.5 Å². The van der Waals surface area contributed by atoms with Crippen molar-refractivity contribution < 1.29 is 9.18 Å². The van der Waals surface area contributed by atoms with Gasteiger partial charge in [0.05, 0.1) is 6.20 Å². The summed E-state index contributed by atoms with van der Waals surface area (Å²) in [4.78, 5) is 19.7. The Morgan fingerprint density at radius 1 is 1.16 bits per heavy atom. The van der Waals surface area contributed by atoms with Gasteiger partial charge in [0.25, 0.3) is 0 Å². The Bertz CT molecular complexity index is 1100. The second kappa shape index (κ2) is 8.04. The molecule has 2 fully saturated rings. The lowest BCUT2D eigenvalue weighted by atomic mass is 9.55. The minimum absolute atomic E-state index is 0.0271. The quantitative estimate of drug-likeness (QED) is 0.676. The van der Waals surface area contributed by atoms with Crippen LogP contribution in [0.3, 0.4) is 0 Å². The van der Waals surface area contributed by atoms with Crippen molar-refractivity contribution in [3.63, 3.8) is 0 Å². The van der Waals surface area contributed by atoms with E-state index >= 15 is 0 Å². The maximum Gasteiger partial charge on any atom is 0.229 e. The summed E-state index contributed by atoms with van der Waals surface area (Å²) in [6, 6.07) is 8.16. The number of halogens is 1. The Morgan fingerprint density at radius 2 is 2.00 bits per heavy atom. The smallest absolute Gasteiger partial charge is 0.229 e. The Kier molecular flexibility index (Phi) is 5.22. The van der Waals surface area contributed by atoms with Gasteiger partial charge in [-0.1, -0.05) is 12.1 Å². The van der Waals surface area contributed by atoms with Crippen molar-refractivity contribution in [2.45, 2.75) is 25.7 Å².